The van der Waals surface area contributed by atoms with Gasteiger partial charge in [0.25, 0.3) is 5.82 Å². The molecule has 26 heavy (non-hydrogen) atoms. The van der Waals surface area contributed by atoms with Crippen molar-refractivity contribution < 1.29 is 4.57 Å². The highest BCUT2D eigenvalue weighted by Gasteiger charge is 2.18. The third kappa shape index (κ3) is 6.97. The Labute approximate surface area is 161 Å². The normalized spacial score (nSPS) is 11.2. The first-order chi connectivity index (χ1) is 12.9. The fourth-order valence-corrected chi connectivity index (χ4v) is 3.70. The van der Waals surface area contributed by atoms with Gasteiger partial charge in [0.2, 0.25) is 0 Å². The van der Waals surface area contributed by atoms with Crippen molar-refractivity contribution in [1.29, 1.82) is 0 Å². The van der Waals surface area contributed by atoms with E-state index >= 15 is 0 Å². The maximum Gasteiger partial charge on any atom is 0.261 e. The number of aryl methyl sites for hydroxylation is 1. The van der Waals surface area contributed by atoms with Crippen molar-refractivity contribution >= 4 is 0 Å². The molecule has 0 saturated carbocycles. The van der Waals surface area contributed by atoms with Crippen LogP contribution in [0.25, 0.3) is 5.69 Å². The minimum absolute atomic E-state index is 1.16. The summed E-state index contributed by atoms with van der Waals surface area (Å²) in [7, 11) is 0. The van der Waals surface area contributed by atoms with Gasteiger partial charge in [0.1, 0.15) is 18.1 Å². The van der Waals surface area contributed by atoms with E-state index in [9.17, 15) is 0 Å². The lowest BCUT2D eigenvalue weighted by molar-refractivity contribution is -0.704. The standard InChI is InChI=1S/C24H39N2/c1-3-5-7-9-11-16-20-25-21-22-26(23-17-13-12-14-18-23)24(25)19-15-10-8-6-4-2/h12-14,17-18,21-22H,3-11,15-16,19-20H2,1-2H3/q+1. The average Bonchev–Trinajstić information content (AvgIpc) is 3.08. The SMILES string of the molecule is CCCCCCCC[n+]1ccn(-c2ccccc2)c1CCCCCCC. The predicted octanol–water partition coefficient (Wildman–Crippen LogP) is 6.64. The molecule has 0 aliphatic carbocycles. The molecule has 0 spiro atoms. The van der Waals surface area contributed by atoms with Gasteiger partial charge in [-0.05, 0) is 31.4 Å². The molecule has 0 radical (unpaired) electrons. The van der Waals surface area contributed by atoms with Crippen molar-refractivity contribution in [3.05, 3.63) is 48.5 Å². The first kappa shape index (κ1) is 20.7. The Morgan fingerprint density at radius 3 is 2.04 bits per heavy atom. The van der Waals surface area contributed by atoms with Crippen molar-refractivity contribution in [2.45, 2.75) is 97.4 Å². The minimum atomic E-state index is 1.16. The van der Waals surface area contributed by atoms with Gasteiger partial charge < -0.3 is 0 Å². The van der Waals surface area contributed by atoms with Gasteiger partial charge in [0.05, 0.1) is 6.54 Å². The number of rotatable bonds is 14. The summed E-state index contributed by atoms with van der Waals surface area (Å²) in [5.74, 6) is 1.47. The first-order valence-corrected chi connectivity index (χ1v) is 11.0. The maximum absolute atomic E-state index is 2.51. The van der Waals surface area contributed by atoms with Gasteiger partial charge in [-0.2, -0.15) is 4.57 Å². The average molecular weight is 356 g/mol. The number of benzene rings is 1. The predicted molar refractivity (Wildman–Crippen MR) is 112 cm³/mol. The van der Waals surface area contributed by atoms with Crippen molar-refractivity contribution in [1.82, 2.24) is 4.57 Å². The van der Waals surface area contributed by atoms with E-state index in [1.807, 2.05) is 0 Å². The van der Waals surface area contributed by atoms with Gasteiger partial charge in [-0.15, -0.1) is 0 Å². The van der Waals surface area contributed by atoms with Crippen molar-refractivity contribution in [3.63, 3.8) is 0 Å². The summed E-state index contributed by atoms with van der Waals surface area (Å²) in [5.41, 5.74) is 1.29. The third-order valence-corrected chi connectivity index (χ3v) is 5.30. The molecule has 0 N–H and O–H groups in total. The highest BCUT2D eigenvalue weighted by Crippen LogP contribution is 2.13. The minimum Gasteiger partial charge on any atom is -0.234 e. The second kappa shape index (κ2) is 12.7. The number of aromatic nitrogens is 2. The zero-order valence-electron chi connectivity index (χ0n) is 17.1. The maximum atomic E-state index is 2.51. The van der Waals surface area contributed by atoms with E-state index < -0.39 is 0 Å². The molecule has 2 aromatic rings. The van der Waals surface area contributed by atoms with Crippen LogP contribution < -0.4 is 4.57 Å². The Balaban J connectivity index is 1.96. The van der Waals surface area contributed by atoms with E-state index in [0.29, 0.717) is 0 Å². The van der Waals surface area contributed by atoms with Crippen LogP contribution in [0.4, 0.5) is 0 Å². The Bertz CT molecular complexity index is 586. The number of para-hydroxylation sites is 1. The highest BCUT2D eigenvalue weighted by molar-refractivity contribution is 5.31. The molecule has 2 rings (SSSR count). The molecule has 0 unspecified atom stereocenters. The van der Waals surface area contributed by atoms with Crippen LogP contribution in [0.15, 0.2) is 42.7 Å². The van der Waals surface area contributed by atoms with Crippen LogP contribution in [0.5, 0.6) is 0 Å². The van der Waals surface area contributed by atoms with Crippen molar-refractivity contribution in [3.8, 4) is 5.69 Å². The lowest BCUT2D eigenvalue weighted by atomic mass is 10.1. The fraction of sp³-hybridized carbons (Fsp3) is 0.625. The summed E-state index contributed by atoms with van der Waals surface area (Å²) < 4.78 is 4.91. The molecule has 0 saturated heterocycles. The molecular weight excluding hydrogens is 316 g/mol. The molecule has 0 amide bonds. The van der Waals surface area contributed by atoms with Crippen LogP contribution in [0.2, 0.25) is 0 Å². The number of hydrogen-bond acceptors (Lipinski definition) is 0. The molecule has 2 heteroatoms. The van der Waals surface area contributed by atoms with Gasteiger partial charge in [0, 0.05) is 6.42 Å². The topological polar surface area (TPSA) is 8.81 Å². The second-order valence-corrected chi connectivity index (χ2v) is 7.55. The Morgan fingerprint density at radius 2 is 1.35 bits per heavy atom. The first-order valence-electron chi connectivity index (χ1n) is 11.0. The largest absolute Gasteiger partial charge is 0.261 e. The van der Waals surface area contributed by atoms with E-state index in [4.69, 9.17) is 0 Å². The number of unbranched alkanes of at least 4 members (excludes halogenated alkanes) is 9. The Kier molecular flexibility index (Phi) is 10.2. The van der Waals surface area contributed by atoms with Gasteiger partial charge >= 0.3 is 0 Å². The quantitative estimate of drug-likeness (QED) is 0.265. The van der Waals surface area contributed by atoms with Gasteiger partial charge in [-0.25, -0.2) is 4.57 Å². The Morgan fingerprint density at radius 1 is 0.731 bits per heavy atom. The molecule has 2 nitrogen and oxygen atoms in total. The molecule has 1 heterocycles. The van der Waals surface area contributed by atoms with Gasteiger partial charge in [0.15, 0.2) is 0 Å². The van der Waals surface area contributed by atoms with E-state index in [1.54, 1.807) is 0 Å². The summed E-state index contributed by atoms with van der Waals surface area (Å²) in [6, 6.07) is 10.8. The molecular formula is C24H39N2+. The van der Waals surface area contributed by atoms with Gasteiger partial charge in [-0.1, -0.05) is 83.4 Å². The van der Waals surface area contributed by atoms with E-state index in [0.717, 1.165) is 6.54 Å². The van der Waals surface area contributed by atoms with Crippen LogP contribution in [-0.2, 0) is 13.0 Å². The lowest BCUT2D eigenvalue weighted by Crippen LogP contribution is -2.37. The van der Waals surface area contributed by atoms with Crippen LogP contribution >= 0.6 is 0 Å². The number of imidazole rings is 1. The van der Waals surface area contributed by atoms with Crippen LogP contribution in [0, 0.1) is 0 Å². The van der Waals surface area contributed by atoms with Crippen LogP contribution in [0.3, 0.4) is 0 Å². The van der Waals surface area contributed by atoms with E-state index in [-0.39, 0.29) is 0 Å². The van der Waals surface area contributed by atoms with Crippen LogP contribution in [-0.4, -0.2) is 4.57 Å². The summed E-state index contributed by atoms with van der Waals surface area (Å²) >= 11 is 0. The summed E-state index contributed by atoms with van der Waals surface area (Å²) in [5, 5.41) is 0. The zero-order valence-corrected chi connectivity index (χ0v) is 17.1. The number of nitrogens with zero attached hydrogens (tertiary/aromatic N) is 2. The van der Waals surface area contributed by atoms with E-state index in [1.165, 1.54) is 88.6 Å². The number of hydrogen-bond donors (Lipinski definition) is 0. The molecule has 0 aliphatic rings. The molecule has 0 atom stereocenters. The molecule has 0 fully saturated rings. The summed E-state index contributed by atoms with van der Waals surface area (Å²) in [4.78, 5) is 0. The monoisotopic (exact) mass is 355 g/mol. The summed E-state index contributed by atoms with van der Waals surface area (Å²) in [6.45, 7) is 5.74. The summed E-state index contributed by atoms with van der Waals surface area (Å²) in [6.07, 6.45) is 20.6. The molecule has 1 aromatic heterocycles. The smallest absolute Gasteiger partial charge is 0.234 e. The Hall–Kier alpha value is -1.57. The lowest BCUT2D eigenvalue weighted by Gasteiger charge is -2.06. The van der Waals surface area contributed by atoms with Gasteiger partial charge in [-0.3, -0.25) is 0 Å². The third-order valence-electron chi connectivity index (χ3n) is 5.30. The van der Waals surface area contributed by atoms with Crippen molar-refractivity contribution in [2.24, 2.45) is 0 Å². The molecule has 0 bridgehead atoms. The molecule has 1 aromatic carbocycles. The second-order valence-electron chi connectivity index (χ2n) is 7.55. The zero-order chi connectivity index (χ0) is 18.5. The van der Waals surface area contributed by atoms with Crippen LogP contribution in [0.1, 0.15) is 90.3 Å². The highest BCUT2D eigenvalue weighted by atomic mass is 15.1. The fourth-order valence-electron chi connectivity index (χ4n) is 3.70. The van der Waals surface area contributed by atoms with E-state index in [2.05, 4.69) is 65.7 Å². The molecule has 0 aliphatic heterocycles. The van der Waals surface area contributed by atoms with Crippen molar-refractivity contribution in [2.75, 3.05) is 0 Å². The molecule has 144 valence electrons.